The Hall–Kier alpha value is -1.90. The molecule has 1 aromatic carbocycles. The SMILES string of the molecule is CC(=O)CC(=O)c1c(C2CC2)[nH]c2ccccc12. The number of nitrogens with one attached hydrogen (secondary N) is 1. The molecule has 1 aromatic heterocycles. The minimum absolute atomic E-state index is 0.00156. The molecule has 2 aromatic rings. The number of fused-ring (bicyclic) bond motifs is 1. The van der Waals surface area contributed by atoms with Gasteiger partial charge in [-0.05, 0) is 31.7 Å². The van der Waals surface area contributed by atoms with E-state index < -0.39 is 0 Å². The summed E-state index contributed by atoms with van der Waals surface area (Å²) in [5.74, 6) is 0.345. The van der Waals surface area contributed by atoms with Gasteiger partial charge in [0.1, 0.15) is 5.78 Å². The third kappa shape index (κ3) is 1.86. The summed E-state index contributed by atoms with van der Waals surface area (Å²) in [5.41, 5.74) is 2.76. The molecule has 0 radical (unpaired) electrons. The number of carbonyl (C=O) groups is 2. The summed E-state index contributed by atoms with van der Waals surface area (Å²) in [4.78, 5) is 26.7. The second-order valence-corrected chi connectivity index (χ2v) is 5.04. The second-order valence-electron chi connectivity index (χ2n) is 5.04. The summed E-state index contributed by atoms with van der Waals surface area (Å²) < 4.78 is 0. The van der Waals surface area contributed by atoms with Gasteiger partial charge >= 0.3 is 0 Å². The monoisotopic (exact) mass is 241 g/mol. The molecule has 1 saturated carbocycles. The largest absolute Gasteiger partial charge is 0.358 e. The number of hydrogen-bond acceptors (Lipinski definition) is 2. The van der Waals surface area contributed by atoms with Crippen molar-refractivity contribution in [3.63, 3.8) is 0 Å². The van der Waals surface area contributed by atoms with Crippen molar-refractivity contribution in [2.75, 3.05) is 0 Å². The Morgan fingerprint density at radius 1 is 1.28 bits per heavy atom. The zero-order chi connectivity index (χ0) is 12.7. The van der Waals surface area contributed by atoms with Crippen molar-refractivity contribution in [2.24, 2.45) is 0 Å². The number of Topliss-reactive ketones (excluding diaryl/α,β-unsaturated/α-hetero) is 2. The highest BCUT2D eigenvalue weighted by Gasteiger charge is 2.31. The third-order valence-corrected chi connectivity index (χ3v) is 3.41. The van der Waals surface area contributed by atoms with Crippen molar-refractivity contribution in [2.45, 2.75) is 32.1 Å². The number of benzene rings is 1. The maximum atomic E-state index is 12.2. The molecule has 0 amide bonds. The topological polar surface area (TPSA) is 49.9 Å². The van der Waals surface area contributed by atoms with Gasteiger partial charge in [-0.1, -0.05) is 18.2 Å². The van der Waals surface area contributed by atoms with Gasteiger partial charge in [-0.3, -0.25) is 9.59 Å². The Labute approximate surface area is 105 Å². The van der Waals surface area contributed by atoms with Crippen molar-refractivity contribution >= 4 is 22.5 Å². The van der Waals surface area contributed by atoms with E-state index in [1.807, 2.05) is 24.3 Å². The number of H-pyrrole nitrogens is 1. The Kier molecular flexibility index (Phi) is 2.54. The fourth-order valence-electron chi connectivity index (χ4n) is 2.46. The number of aromatic amines is 1. The van der Waals surface area contributed by atoms with Crippen LogP contribution < -0.4 is 0 Å². The molecule has 0 atom stereocenters. The van der Waals surface area contributed by atoms with Crippen LogP contribution in [0, 0.1) is 0 Å². The molecule has 0 aliphatic heterocycles. The predicted molar refractivity (Wildman–Crippen MR) is 69.9 cm³/mol. The van der Waals surface area contributed by atoms with E-state index in [0.29, 0.717) is 5.92 Å². The Balaban J connectivity index is 2.14. The van der Waals surface area contributed by atoms with Crippen LogP contribution in [0.25, 0.3) is 10.9 Å². The molecule has 1 N–H and O–H groups in total. The lowest BCUT2D eigenvalue weighted by Gasteiger charge is -2.01. The van der Waals surface area contributed by atoms with Gasteiger partial charge in [0, 0.05) is 22.2 Å². The van der Waals surface area contributed by atoms with E-state index in [4.69, 9.17) is 0 Å². The number of para-hydroxylation sites is 1. The van der Waals surface area contributed by atoms with Crippen LogP contribution in [0.1, 0.15) is 48.2 Å². The number of aromatic nitrogens is 1. The van der Waals surface area contributed by atoms with Gasteiger partial charge in [0.2, 0.25) is 0 Å². The predicted octanol–water partition coefficient (Wildman–Crippen LogP) is 3.21. The van der Waals surface area contributed by atoms with Crippen molar-refractivity contribution in [1.82, 2.24) is 4.98 Å². The average Bonchev–Trinajstić information content (AvgIpc) is 3.08. The lowest BCUT2D eigenvalue weighted by atomic mass is 10.0. The Bertz CT molecular complexity index is 635. The van der Waals surface area contributed by atoms with Gasteiger partial charge in [-0.15, -0.1) is 0 Å². The van der Waals surface area contributed by atoms with Gasteiger partial charge in [0.15, 0.2) is 5.78 Å². The number of hydrogen-bond donors (Lipinski definition) is 1. The van der Waals surface area contributed by atoms with Crippen LogP contribution in [0.15, 0.2) is 24.3 Å². The molecule has 1 heterocycles. The Morgan fingerprint density at radius 2 is 2.00 bits per heavy atom. The molecule has 0 bridgehead atoms. The molecule has 18 heavy (non-hydrogen) atoms. The summed E-state index contributed by atoms with van der Waals surface area (Å²) in [6, 6.07) is 7.81. The molecule has 1 aliphatic rings. The average molecular weight is 241 g/mol. The summed E-state index contributed by atoms with van der Waals surface area (Å²) in [7, 11) is 0. The minimum Gasteiger partial charge on any atom is -0.358 e. The van der Waals surface area contributed by atoms with Crippen LogP contribution in [0.3, 0.4) is 0 Å². The zero-order valence-corrected chi connectivity index (χ0v) is 10.3. The molecular formula is C15H15NO2. The van der Waals surface area contributed by atoms with E-state index in [2.05, 4.69) is 4.98 Å². The first-order valence-electron chi connectivity index (χ1n) is 6.30. The highest BCUT2D eigenvalue weighted by atomic mass is 16.1. The highest BCUT2D eigenvalue weighted by molar-refractivity contribution is 6.15. The van der Waals surface area contributed by atoms with Gasteiger partial charge in [-0.2, -0.15) is 0 Å². The number of ketones is 2. The summed E-state index contributed by atoms with van der Waals surface area (Å²) in [6.45, 7) is 1.46. The van der Waals surface area contributed by atoms with E-state index in [0.717, 1.165) is 35.0 Å². The molecule has 3 heteroatoms. The molecule has 3 nitrogen and oxygen atoms in total. The normalized spacial score (nSPS) is 14.9. The van der Waals surface area contributed by atoms with Crippen LogP contribution in [0.5, 0.6) is 0 Å². The van der Waals surface area contributed by atoms with Gasteiger partial charge in [0.25, 0.3) is 0 Å². The van der Waals surface area contributed by atoms with E-state index in [9.17, 15) is 9.59 Å². The van der Waals surface area contributed by atoms with E-state index in [-0.39, 0.29) is 18.0 Å². The second kappa shape index (κ2) is 4.09. The maximum absolute atomic E-state index is 12.2. The molecule has 3 rings (SSSR count). The molecule has 1 fully saturated rings. The third-order valence-electron chi connectivity index (χ3n) is 3.41. The van der Waals surface area contributed by atoms with Gasteiger partial charge in [-0.25, -0.2) is 0 Å². The summed E-state index contributed by atoms with van der Waals surface area (Å²) in [5, 5.41) is 0.950. The summed E-state index contributed by atoms with van der Waals surface area (Å²) in [6.07, 6.45) is 2.27. The smallest absolute Gasteiger partial charge is 0.172 e. The van der Waals surface area contributed by atoms with Crippen molar-refractivity contribution in [3.8, 4) is 0 Å². The van der Waals surface area contributed by atoms with Crippen molar-refractivity contribution in [1.29, 1.82) is 0 Å². The minimum atomic E-state index is -0.0768. The van der Waals surface area contributed by atoms with Crippen molar-refractivity contribution < 1.29 is 9.59 Å². The lowest BCUT2D eigenvalue weighted by molar-refractivity contribution is -0.116. The first-order chi connectivity index (χ1) is 8.66. The summed E-state index contributed by atoms with van der Waals surface area (Å²) >= 11 is 0. The first kappa shape index (κ1) is 11.2. The molecule has 1 aliphatic carbocycles. The quantitative estimate of drug-likeness (QED) is 0.660. The van der Waals surface area contributed by atoms with Crippen LogP contribution in [-0.2, 0) is 4.79 Å². The standard InChI is InChI=1S/C15H15NO2/c1-9(17)8-13(18)14-11-4-2-3-5-12(11)16-15(14)10-6-7-10/h2-5,10,16H,6-8H2,1H3. The van der Waals surface area contributed by atoms with Crippen LogP contribution in [0.4, 0.5) is 0 Å². The Morgan fingerprint density at radius 3 is 2.67 bits per heavy atom. The molecule has 0 unspecified atom stereocenters. The number of carbonyl (C=O) groups excluding carboxylic acids is 2. The molecule has 0 spiro atoms. The zero-order valence-electron chi connectivity index (χ0n) is 10.3. The van der Waals surface area contributed by atoms with Crippen LogP contribution >= 0.6 is 0 Å². The van der Waals surface area contributed by atoms with E-state index in [1.165, 1.54) is 6.92 Å². The van der Waals surface area contributed by atoms with Crippen LogP contribution in [-0.4, -0.2) is 16.6 Å². The van der Waals surface area contributed by atoms with Gasteiger partial charge in [0.05, 0.1) is 6.42 Å². The molecular weight excluding hydrogens is 226 g/mol. The van der Waals surface area contributed by atoms with Gasteiger partial charge < -0.3 is 4.98 Å². The first-order valence-corrected chi connectivity index (χ1v) is 6.30. The fraction of sp³-hybridized carbons (Fsp3) is 0.333. The molecule has 0 saturated heterocycles. The van der Waals surface area contributed by atoms with E-state index in [1.54, 1.807) is 0 Å². The van der Waals surface area contributed by atoms with Crippen molar-refractivity contribution in [3.05, 3.63) is 35.5 Å². The van der Waals surface area contributed by atoms with Crippen LogP contribution in [0.2, 0.25) is 0 Å². The maximum Gasteiger partial charge on any atom is 0.172 e. The van der Waals surface area contributed by atoms with E-state index >= 15 is 0 Å². The molecule has 92 valence electrons. The number of rotatable bonds is 4. The highest BCUT2D eigenvalue weighted by Crippen LogP contribution is 2.43. The fourth-order valence-corrected chi connectivity index (χ4v) is 2.46. The lowest BCUT2D eigenvalue weighted by Crippen LogP contribution is -2.06.